The minimum Gasteiger partial charge on any atom is -0.481 e. The summed E-state index contributed by atoms with van der Waals surface area (Å²) in [4.78, 5) is 39.1. The van der Waals surface area contributed by atoms with Gasteiger partial charge in [-0.15, -0.1) is 11.3 Å². The topological polar surface area (TPSA) is 106 Å². The van der Waals surface area contributed by atoms with Crippen molar-refractivity contribution in [1.29, 1.82) is 0 Å². The van der Waals surface area contributed by atoms with Crippen LogP contribution in [0.15, 0.2) is 53.6 Å². The van der Waals surface area contributed by atoms with Crippen molar-refractivity contribution in [3.63, 3.8) is 0 Å². The van der Waals surface area contributed by atoms with E-state index in [0.717, 1.165) is 41.7 Å². The molecule has 0 saturated carbocycles. The van der Waals surface area contributed by atoms with Gasteiger partial charge in [0.25, 0.3) is 11.8 Å². The van der Waals surface area contributed by atoms with Crippen LogP contribution in [0.5, 0.6) is 5.75 Å². The van der Waals surface area contributed by atoms with Crippen LogP contribution in [0.25, 0.3) is 0 Å². The molecule has 2 aromatic carbocycles. The van der Waals surface area contributed by atoms with E-state index in [1.165, 1.54) is 17.6 Å². The second-order valence-corrected chi connectivity index (χ2v) is 10.2. The number of anilines is 1. The Morgan fingerprint density at radius 1 is 1.08 bits per heavy atom. The molecular formula is C28H28ClN3O5S. The fourth-order valence-electron chi connectivity index (χ4n) is 4.00. The molecule has 1 unspecified atom stereocenters. The van der Waals surface area contributed by atoms with Crippen molar-refractivity contribution in [3.05, 3.63) is 80.7 Å². The molecule has 1 aliphatic carbocycles. The van der Waals surface area contributed by atoms with Crippen molar-refractivity contribution < 1.29 is 23.9 Å². The molecule has 1 aromatic heterocycles. The van der Waals surface area contributed by atoms with E-state index in [9.17, 15) is 14.4 Å². The number of hydrogen-bond donors (Lipinski definition) is 2. The smallest absolute Gasteiger partial charge is 0.341 e. The Bertz CT molecular complexity index is 1340. The third kappa shape index (κ3) is 6.79. The molecule has 1 heterocycles. The number of hydrogen-bond acceptors (Lipinski definition) is 7. The number of rotatable bonds is 9. The predicted molar refractivity (Wildman–Crippen MR) is 149 cm³/mol. The highest BCUT2D eigenvalue weighted by molar-refractivity contribution is 7.17. The zero-order chi connectivity index (χ0) is 27.1. The zero-order valence-corrected chi connectivity index (χ0v) is 22.7. The number of carbonyl (C=O) groups is 3. The van der Waals surface area contributed by atoms with Crippen LogP contribution < -0.4 is 15.5 Å². The van der Waals surface area contributed by atoms with Crippen LogP contribution in [-0.4, -0.2) is 36.7 Å². The lowest BCUT2D eigenvalue weighted by atomic mass is 9.95. The third-order valence-electron chi connectivity index (χ3n) is 5.93. The molecule has 198 valence electrons. The van der Waals surface area contributed by atoms with E-state index in [2.05, 4.69) is 15.8 Å². The summed E-state index contributed by atoms with van der Waals surface area (Å²) in [7, 11) is 0. The average Bonchev–Trinajstić information content (AvgIpc) is 3.28. The number of halogens is 1. The first-order valence-corrected chi connectivity index (χ1v) is 13.5. The highest BCUT2D eigenvalue weighted by atomic mass is 35.5. The number of thiophene rings is 1. The molecule has 8 nitrogen and oxygen atoms in total. The molecule has 0 fully saturated rings. The molecule has 0 aliphatic heterocycles. The SMILES string of the molecule is CCOC(=O)c1c(NC(=O)c2ccc(OC(C)C(=O)NN=Cc3ccc(Cl)cc3)cc2)sc2c1CCCC2. The Labute approximate surface area is 230 Å². The summed E-state index contributed by atoms with van der Waals surface area (Å²) in [6.45, 7) is 3.63. The quantitative estimate of drug-likeness (QED) is 0.203. The second kappa shape index (κ2) is 12.7. The third-order valence-corrected chi connectivity index (χ3v) is 7.39. The van der Waals surface area contributed by atoms with Crippen molar-refractivity contribution in [2.24, 2.45) is 5.10 Å². The number of fused-ring (bicyclic) bond motifs is 1. The number of benzene rings is 2. The monoisotopic (exact) mass is 553 g/mol. The number of hydrazone groups is 1. The molecule has 2 N–H and O–H groups in total. The summed E-state index contributed by atoms with van der Waals surface area (Å²) in [5.41, 5.74) is 5.08. The van der Waals surface area contributed by atoms with Gasteiger partial charge in [0.2, 0.25) is 0 Å². The van der Waals surface area contributed by atoms with Crippen LogP contribution in [0.2, 0.25) is 5.02 Å². The van der Waals surface area contributed by atoms with Crippen molar-refractivity contribution in [2.75, 3.05) is 11.9 Å². The molecule has 0 spiro atoms. The Hall–Kier alpha value is -3.69. The molecule has 2 amide bonds. The van der Waals surface area contributed by atoms with E-state index in [0.29, 0.717) is 26.9 Å². The second-order valence-electron chi connectivity index (χ2n) is 8.66. The fraction of sp³-hybridized carbons (Fsp3) is 0.286. The van der Waals surface area contributed by atoms with E-state index in [4.69, 9.17) is 21.1 Å². The molecule has 38 heavy (non-hydrogen) atoms. The summed E-state index contributed by atoms with van der Waals surface area (Å²) >= 11 is 7.30. The van der Waals surface area contributed by atoms with Gasteiger partial charge in [-0.1, -0.05) is 23.7 Å². The van der Waals surface area contributed by atoms with Gasteiger partial charge < -0.3 is 14.8 Å². The van der Waals surface area contributed by atoms with Gasteiger partial charge in [0.05, 0.1) is 18.4 Å². The van der Waals surface area contributed by atoms with Gasteiger partial charge in [-0.25, -0.2) is 10.2 Å². The fourth-order valence-corrected chi connectivity index (χ4v) is 5.40. The summed E-state index contributed by atoms with van der Waals surface area (Å²) in [5.74, 6) is -0.756. The highest BCUT2D eigenvalue weighted by Crippen LogP contribution is 2.38. The van der Waals surface area contributed by atoms with Crippen LogP contribution in [0.1, 0.15) is 63.4 Å². The number of carbonyl (C=O) groups excluding carboxylic acids is 3. The van der Waals surface area contributed by atoms with Crippen LogP contribution in [0.4, 0.5) is 5.00 Å². The molecule has 0 saturated heterocycles. The Morgan fingerprint density at radius 3 is 2.50 bits per heavy atom. The molecular weight excluding hydrogens is 526 g/mol. The number of nitrogens with one attached hydrogen (secondary N) is 2. The number of amides is 2. The molecule has 0 radical (unpaired) electrons. The summed E-state index contributed by atoms with van der Waals surface area (Å²) in [5, 5.41) is 7.96. The zero-order valence-electron chi connectivity index (χ0n) is 21.1. The molecule has 10 heteroatoms. The minimum absolute atomic E-state index is 0.267. The molecule has 3 aromatic rings. The number of nitrogens with zero attached hydrogens (tertiary/aromatic N) is 1. The van der Waals surface area contributed by atoms with Gasteiger partial charge in [0.15, 0.2) is 6.10 Å². The van der Waals surface area contributed by atoms with E-state index in [1.54, 1.807) is 62.4 Å². The van der Waals surface area contributed by atoms with E-state index in [-0.39, 0.29) is 12.5 Å². The normalized spacial score (nSPS) is 13.4. The molecule has 1 aliphatic rings. The largest absolute Gasteiger partial charge is 0.481 e. The van der Waals surface area contributed by atoms with Gasteiger partial charge in [-0.3, -0.25) is 9.59 Å². The molecule has 0 bridgehead atoms. The maximum Gasteiger partial charge on any atom is 0.341 e. The van der Waals surface area contributed by atoms with Crippen LogP contribution in [0.3, 0.4) is 0 Å². The van der Waals surface area contributed by atoms with Crippen molar-refractivity contribution in [3.8, 4) is 5.75 Å². The van der Waals surface area contributed by atoms with E-state index < -0.39 is 18.0 Å². The number of aryl methyl sites for hydroxylation is 1. The van der Waals surface area contributed by atoms with Crippen LogP contribution in [0, 0.1) is 0 Å². The van der Waals surface area contributed by atoms with Gasteiger partial charge in [-0.05, 0) is 87.1 Å². The summed E-state index contributed by atoms with van der Waals surface area (Å²) in [6, 6.07) is 13.4. The Balaban J connectivity index is 1.36. The lowest BCUT2D eigenvalue weighted by Gasteiger charge is -2.13. The standard InChI is InChI=1S/C28H28ClN3O5S/c1-3-36-28(35)24-22-6-4-5-7-23(22)38-27(24)31-26(34)19-10-14-21(15-11-19)37-17(2)25(33)32-30-16-18-8-12-20(29)13-9-18/h8-17H,3-7H2,1-2H3,(H,31,34)(H,32,33). The van der Waals surface area contributed by atoms with Gasteiger partial charge in [0.1, 0.15) is 10.8 Å². The first-order chi connectivity index (χ1) is 18.4. The highest BCUT2D eigenvalue weighted by Gasteiger charge is 2.27. The lowest BCUT2D eigenvalue weighted by Crippen LogP contribution is -2.33. The molecule has 1 atom stereocenters. The van der Waals surface area contributed by atoms with Gasteiger partial charge in [0, 0.05) is 15.5 Å². The predicted octanol–water partition coefficient (Wildman–Crippen LogP) is 5.63. The van der Waals surface area contributed by atoms with E-state index in [1.807, 2.05) is 0 Å². The summed E-state index contributed by atoms with van der Waals surface area (Å²) < 4.78 is 10.9. The average molecular weight is 554 g/mol. The number of ether oxygens (including phenoxy) is 2. The van der Waals surface area contributed by atoms with Crippen LogP contribution >= 0.6 is 22.9 Å². The first-order valence-electron chi connectivity index (χ1n) is 12.3. The van der Waals surface area contributed by atoms with Gasteiger partial charge in [-0.2, -0.15) is 5.10 Å². The lowest BCUT2D eigenvalue weighted by molar-refractivity contribution is -0.127. The molecule has 4 rings (SSSR count). The summed E-state index contributed by atoms with van der Waals surface area (Å²) in [6.07, 6.45) is 4.46. The Kier molecular flexibility index (Phi) is 9.15. The van der Waals surface area contributed by atoms with Crippen molar-refractivity contribution in [1.82, 2.24) is 5.43 Å². The number of esters is 1. The minimum atomic E-state index is -0.818. The van der Waals surface area contributed by atoms with Gasteiger partial charge >= 0.3 is 5.97 Å². The van der Waals surface area contributed by atoms with Crippen LogP contribution in [-0.2, 0) is 22.4 Å². The Morgan fingerprint density at radius 2 is 1.79 bits per heavy atom. The van der Waals surface area contributed by atoms with E-state index >= 15 is 0 Å². The maximum atomic E-state index is 13.0. The van der Waals surface area contributed by atoms with Crippen molar-refractivity contribution in [2.45, 2.75) is 45.6 Å². The van der Waals surface area contributed by atoms with Crippen molar-refractivity contribution >= 4 is 51.9 Å². The maximum absolute atomic E-state index is 13.0. The first kappa shape index (κ1) is 27.3.